The average Bonchev–Trinajstić information content (AvgIpc) is 2.89. The molecule has 29 heavy (non-hydrogen) atoms. The number of methoxy groups -OCH3 is 1. The van der Waals surface area contributed by atoms with Gasteiger partial charge in [-0.15, -0.1) is 0 Å². The highest BCUT2D eigenvalue weighted by atomic mass is 16.6. The van der Waals surface area contributed by atoms with Gasteiger partial charge in [0.2, 0.25) is 0 Å². The smallest absolute Gasteiger partial charge is 0.338 e. The molecule has 154 valence electrons. The fraction of sp³-hybridized carbons (Fsp3) is 0.389. The summed E-state index contributed by atoms with van der Waals surface area (Å²) in [5, 5.41) is 31.9. The number of hydrogen-bond acceptors (Lipinski definition) is 10. The molecule has 1 aliphatic carbocycles. The topological polar surface area (TPSA) is 162 Å². The molecule has 11 nitrogen and oxygen atoms in total. The Hall–Kier alpha value is -3.31. The lowest BCUT2D eigenvalue weighted by atomic mass is 9.81. The van der Waals surface area contributed by atoms with Crippen molar-refractivity contribution in [3.05, 3.63) is 51.8 Å². The van der Waals surface area contributed by atoms with Crippen molar-refractivity contribution in [2.24, 2.45) is 11.8 Å². The van der Waals surface area contributed by atoms with Crippen LogP contribution in [0.3, 0.4) is 0 Å². The minimum atomic E-state index is -2.06. The van der Waals surface area contributed by atoms with Crippen LogP contribution in [0.2, 0.25) is 0 Å². The molecule has 1 aliphatic heterocycles. The Kier molecular flexibility index (Phi) is 5.11. The second-order valence-electron chi connectivity index (χ2n) is 6.85. The van der Waals surface area contributed by atoms with E-state index >= 15 is 0 Å². The summed E-state index contributed by atoms with van der Waals surface area (Å²) in [6.45, 7) is 1.16. The third-order valence-electron chi connectivity index (χ3n) is 5.15. The molecule has 5 atom stereocenters. The predicted octanol–water partition coefficient (Wildman–Crippen LogP) is 0.0918. The molecule has 1 aromatic rings. The Morgan fingerprint density at radius 3 is 2.41 bits per heavy atom. The van der Waals surface area contributed by atoms with E-state index in [0.717, 1.165) is 44.6 Å². The van der Waals surface area contributed by atoms with Crippen LogP contribution in [0.5, 0.6) is 0 Å². The molecular weight excluding hydrogens is 390 g/mol. The summed E-state index contributed by atoms with van der Waals surface area (Å²) in [5.41, 5.74) is -2.55. The molecule has 0 spiro atoms. The number of hydrogen-bond donors (Lipinski definition) is 2. The number of rotatable bonds is 4. The molecule has 0 saturated heterocycles. The van der Waals surface area contributed by atoms with E-state index in [-0.39, 0.29) is 16.8 Å². The fourth-order valence-electron chi connectivity index (χ4n) is 3.63. The summed E-state index contributed by atoms with van der Waals surface area (Å²) in [5.74, 6) is -5.35. The number of fused-ring (bicyclic) bond motifs is 1. The van der Waals surface area contributed by atoms with E-state index in [0.29, 0.717) is 0 Å². The van der Waals surface area contributed by atoms with Crippen molar-refractivity contribution in [2.45, 2.75) is 24.7 Å². The summed E-state index contributed by atoms with van der Waals surface area (Å²) in [4.78, 5) is 46.9. The van der Waals surface area contributed by atoms with Gasteiger partial charge in [0.1, 0.15) is 24.1 Å². The largest absolute Gasteiger partial charge is 0.466 e. The van der Waals surface area contributed by atoms with E-state index in [9.17, 15) is 34.7 Å². The van der Waals surface area contributed by atoms with Gasteiger partial charge in [0.05, 0.1) is 35.0 Å². The second-order valence-corrected chi connectivity index (χ2v) is 6.85. The van der Waals surface area contributed by atoms with Gasteiger partial charge in [-0.25, -0.2) is 9.59 Å². The average molecular weight is 407 g/mol. The number of aliphatic hydroxyl groups excluding tert-OH is 1. The van der Waals surface area contributed by atoms with Crippen LogP contribution >= 0.6 is 0 Å². The van der Waals surface area contributed by atoms with E-state index in [1.54, 1.807) is 0 Å². The third-order valence-corrected chi connectivity index (χ3v) is 5.15. The number of benzene rings is 1. The quantitative estimate of drug-likeness (QED) is 0.303. The first-order valence-electron chi connectivity index (χ1n) is 8.44. The molecule has 1 aromatic carbocycles. The van der Waals surface area contributed by atoms with Crippen LogP contribution in [-0.2, 0) is 23.8 Å². The van der Waals surface area contributed by atoms with Crippen molar-refractivity contribution in [2.75, 3.05) is 7.11 Å². The standard InChI is InChI=1S/C18H17NO10/c1-18(24)12-11(10(16(22)27-2)7-28-17(12)23)13(14(18)20)29-15(21)8-3-5-9(6-4-8)19(25)26/h3-7,11-14,20,24H,1-2H3/t11-,12-,13+,14+,18-/m1/s1. The summed E-state index contributed by atoms with van der Waals surface area (Å²) >= 11 is 0. The number of cyclic esters (lactones) is 1. The zero-order valence-corrected chi connectivity index (χ0v) is 15.3. The number of carbonyl (C=O) groups excluding carboxylic acids is 3. The van der Waals surface area contributed by atoms with Crippen LogP contribution < -0.4 is 0 Å². The van der Waals surface area contributed by atoms with Crippen LogP contribution in [0.25, 0.3) is 0 Å². The summed E-state index contributed by atoms with van der Waals surface area (Å²) < 4.78 is 14.8. The van der Waals surface area contributed by atoms with Gasteiger partial charge in [0, 0.05) is 12.1 Å². The summed E-state index contributed by atoms with van der Waals surface area (Å²) in [6.07, 6.45) is -2.36. The molecule has 1 fully saturated rings. The van der Waals surface area contributed by atoms with E-state index in [1.165, 1.54) is 0 Å². The Balaban J connectivity index is 1.94. The molecule has 2 N–H and O–H groups in total. The minimum Gasteiger partial charge on any atom is -0.466 e. The highest BCUT2D eigenvalue weighted by Crippen LogP contribution is 2.48. The van der Waals surface area contributed by atoms with Gasteiger partial charge in [0.25, 0.3) is 5.69 Å². The minimum absolute atomic E-state index is 0.0622. The number of nitro groups is 1. The maximum absolute atomic E-state index is 12.5. The van der Waals surface area contributed by atoms with Gasteiger partial charge in [-0.1, -0.05) is 0 Å². The van der Waals surface area contributed by atoms with Crippen LogP contribution in [0, 0.1) is 22.0 Å². The van der Waals surface area contributed by atoms with E-state index < -0.39 is 52.5 Å². The number of esters is 3. The highest BCUT2D eigenvalue weighted by Gasteiger charge is 2.65. The monoisotopic (exact) mass is 407 g/mol. The zero-order chi connectivity index (χ0) is 21.5. The van der Waals surface area contributed by atoms with E-state index in [1.807, 2.05) is 0 Å². The molecule has 0 unspecified atom stereocenters. The van der Waals surface area contributed by atoms with Gasteiger partial charge >= 0.3 is 17.9 Å². The number of nitrogens with zero attached hydrogens (tertiary/aromatic N) is 1. The maximum Gasteiger partial charge on any atom is 0.338 e. The normalized spacial score (nSPS) is 30.6. The molecule has 3 rings (SSSR count). The van der Waals surface area contributed by atoms with Crippen LogP contribution in [0.4, 0.5) is 5.69 Å². The van der Waals surface area contributed by atoms with Gasteiger partial charge in [0.15, 0.2) is 0 Å². The van der Waals surface area contributed by atoms with E-state index in [4.69, 9.17) is 9.47 Å². The van der Waals surface area contributed by atoms with Crippen molar-refractivity contribution in [1.29, 1.82) is 0 Å². The molecule has 0 amide bonds. The zero-order valence-electron chi connectivity index (χ0n) is 15.3. The molecule has 0 bridgehead atoms. The molecule has 2 aliphatic rings. The van der Waals surface area contributed by atoms with Crippen molar-refractivity contribution in [1.82, 2.24) is 0 Å². The lowest BCUT2D eigenvalue weighted by Crippen LogP contribution is -2.46. The predicted molar refractivity (Wildman–Crippen MR) is 92.1 cm³/mol. The molecular formula is C18H17NO10. The SMILES string of the molecule is COC(=O)C1=COC(=O)[C@H]2[C@@H]1[C@H](OC(=O)c1ccc([N+](=O)[O-])cc1)[C@H](O)[C@]2(C)O. The van der Waals surface area contributed by atoms with Gasteiger partial charge in [-0.3, -0.25) is 14.9 Å². The highest BCUT2D eigenvalue weighted by molar-refractivity contribution is 5.93. The number of ether oxygens (including phenoxy) is 3. The Bertz CT molecular complexity index is 904. The lowest BCUT2D eigenvalue weighted by molar-refractivity contribution is -0.384. The molecule has 11 heteroatoms. The van der Waals surface area contributed by atoms with Crippen LogP contribution in [-0.4, -0.2) is 58.0 Å². The second kappa shape index (κ2) is 7.26. The molecule has 0 aromatic heterocycles. The molecule has 1 heterocycles. The number of carbonyl (C=O) groups is 3. The van der Waals surface area contributed by atoms with Crippen molar-refractivity contribution in [3.63, 3.8) is 0 Å². The maximum atomic E-state index is 12.5. The molecule has 0 radical (unpaired) electrons. The van der Waals surface area contributed by atoms with Crippen molar-refractivity contribution < 1.29 is 43.7 Å². The van der Waals surface area contributed by atoms with E-state index in [2.05, 4.69) is 4.74 Å². The van der Waals surface area contributed by atoms with Gasteiger partial charge in [-0.05, 0) is 19.1 Å². The molecule has 1 saturated carbocycles. The third kappa shape index (κ3) is 3.34. The lowest BCUT2D eigenvalue weighted by Gasteiger charge is -2.30. The number of nitro benzene ring substituents is 1. The first kappa shape index (κ1) is 20.4. The van der Waals surface area contributed by atoms with Crippen molar-refractivity contribution in [3.8, 4) is 0 Å². The Morgan fingerprint density at radius 1 is 1.24 bits per heavy atom. The summed E-state index contributed by atoms with van der Waals surface area (Å²) in [6, 6.07) is 4.50. The Labute approximate surface area is 163 Å². The number of aliphatic hydroxyl groups is 2. The Morgan fingerprint density at radius 2 is 1.86 bits per heavy atom. The van der Waals surface area contributed by atoms with Crippen molar-refractivity contribution >= 4 is 23.6 Å². The first-order valence-corrected chi connectivity index (χ1v) is 8.44. The van der Waals surface area contributed by atoms with Gasteiger partial charge < -0.3 is 24.4 Å². The van der Waals surface area contributed by atoms with Crippen LogP contribution in [0.15, 0.2) is 36.1 Å². The fourth-order valence-corrected chi connectivity index (χ4v) is 3.63. The van der Waals surface area contributed by atoms with Crippen LogP contribution in [0.1, 0.15) is 17.3 Å². The number of non-ortho nitro benzene ring substituents is 1. The van der Waals surface area contributed by atoms with Gasteiger partial charge in [-0.2, -0.15) is 0 Å². The first-order chi connectivity index (χ1) is 13.6. The summed E-state index contributed by atoms with van der Waals surface area (Å²) in [7, 11) is 1.09.